The quantitative estimate of drug-likeness (QED) is 0.674. The molecular weight excluding hydrogens is 368 g/mol. The van der Waals surface area contributed by atoms with Gasteiger partial charge in [-0.3, -0.25) is 14.6 Å². The molecule has 0 atom stereocenters. The van der Waals surface area contributed by atoms with Gasteiger partial charge in [-0.25, -0.2) is 0 Å². The summed E-state index contributed by atoms with van der Waals surface area (Å²) in [6.45, 7) is 5.51. The Bertz CT molecular complexity index is 888. The Morgan fingerprint density at radius 1 is 0.929 bits per heavy atom. The van der Waals surface area contributed by atoms with Crippen LogP contribution in [0.2, 0.25) is 0 Å². The summed E-state index contributed by atoms with van der Waals surface area (Å²) in [6.07, 6.45) is 7.57. The maximum absolute atomic E-state index is 5.61. The first kappa shape index (κ1) is 18.6. The van der Waals surface area contributed by atoms with E-state index in [0.29, 0.717) is 0 Å². The van der Waals surface area contributed by atoms with Gasteiger partial charge in [0.05, 0.1) is 18.4 Å². The van der Waals surface area contributed by atoms with E-state index in [0.717, 1.165) is 50.1 Å². The third kappa shape index (κ3) is 4.94. The maximum atomic E-state index is 5.61. The predicted octanol–water partition coefficient (Wildman–Crippen LogP) is 2.84. The van der Waals surface area contributed by atoms with E-state index in [1.807, 2.05) is 53.7 Å². The molecule has 1 fully saturated rings. The fraction of sp³-hybridized carbons (Fsp3) is 0.286. The SMILES string of the molecule is S=C(Nc1cnn(Cc2ccccc2)c1)N1CCN(Cc2cccnc2)CC1. The van der Waals surface area contributed by atoms with Crippen LogP contribution < -0.4 is 5.32 Å². The van der Waals surface area contributed by atoms with Crippen molar-refractivity contribution in [2.75, 3.05) is 31.5 Å². The summed E-state index contributed by atoms with van der Waals surface area (Å²) in [5.41, 5.74) is 3.41. The summed E-state index contributed by atoms with van der Waals surface area (Å²) in [5, 5.41) is 8.52. The third-order valence-corrected chi connectivity index (χ3v) is 5.22. The first-order valence-corrected chi connectivity index (χ1v) is 9.91. The zero-order chi connectivity index (χ0) is 19.2. The zero-order valence-electron chi connectivity index (χ0n) is 15.7. The van der Waals surface area contributed by atoms with Crippen molar-refractivity contribution in [3.63, 3.8) is 0 Å². The summed E-state index contributed by atoms with van der Waals surface area (Å²) in [7, 11) is 0. The number of nitrogens with zero attached hydrogens (tertiary/aromatic N) is 5. The van der Waals surface area contributed by atoms with Gasteiger partial charge in [0.2, 0.25) is 0 Å². The van der Waals surface area contributed by atoms with Crippen molar-refractivity contribution in [3.8, 4) is 0 Å². The van der Waals surface area contributed by atoms with Crippen LogP contribution in [0.4, 0.5) is 5.69 Å². The second-order valence-corrected chi connectivity index (χ2v) is 7.35. The Morgan fingerprint density at radius 3 is 2.46 bits per heavy atom. The van der Waals surface area contributed by atoms with Gasteiger partial charge in [-0.15, -0.1) is 0 Å². The highest BCUT2D eigenvalue weighted by Crippen LogP contribution is 2.12. The fourth-order valence-electron chi connectivity index (χ4n) is 3.35. The summed E-state index contributed by atoms with van der Waals surface area (Å²) < 4.78 is 1.92. The molecule has 1 aliphatic heterocycles. The Kier molecular flexibility index (Phi) is 5.94. The van der Waals surface area contributed by atoms with Crippen molar-refractivity contribution in [3.05, 3.63) is 78.4 Å². The van der Waals surface area contributed by atoms with Gasteiger partial charge in [-0.05, 0) is 29.4 Å². The smallest absolute Gasteiger partial charge is 0.173 e. The average molecular weight is 393 g/mol. The van der Waals surface area contributed by atoms with E-state index in [-0.39, 0.29) is 0 Å². The lowest BCUT2D eigenvalue weighted by Gasteiger charge is -2.36. The second-order valence-electron chi connectivity index (χ2n) is 6.97. The van der Waals surface area contributed by atoms with Crippen LogP contribution in [0.25, 0.3) is 0 Å². The van der Waals surface area contributed by atoms with Gasteiger partial charge in [0.15, 0.2) is 5.11 Å². The van der Waals surface area contributed by atoms with E-state index in [9.17, 15) is 0 Å². The Labute approximate surface area is 170 Å². The van der Waals surface area contributed by atoms with Crippen molar-refractivity contribution in [2.45, 2.75) is 13.1 Å². The lowest BCUT2D eigenvalue weighted by molar-refractivity contribution is 0.177. The third-order valence-electron chi connectivity index (χ3n) is 4.86. The predicted molar refractivity (Wildman–Crippen MR) is 115 cm³/mol. The minimum atomic E-state index is 0.752. The number of thiocarbonyl (C=S) groups is 1. The number of nitrogens with one attached hydrogen (secondary N) is 1. The molecule has 28 heavy (non-hydrogen) atoms. The molecule has 0 amide bonds. The molecule has 1 saturated heterocycles. The molecule has 0 saturated carbocycles. The molecule has 2 aromatic heterocycles. The van der Waals surface area contributed by atoms with Crippen LogP contribution in [0.5, 0.6) is 0 Å². The average Bonchev–Trinajstić information content (AvgIpc) is 3.17. The number of benzene rings is 1. The van der Waals surface area contributed by atoms with Crippen LogP contribution >= 0.6 is 12.2 Å². The second kappa shape index (κ2) is 8.95. The largest absolute Gasteiger partial charge is 0.346 e. The standard InChI is InChI=1S/C21H24N6S/c28-21(24-20-14-23-27(17-20)16-18-5-2-1-3-6-18)26-11-9-25(10-12-26)15-19-7-4-8-22-13-19/h1-8,13-14,17H,9-12,15-16H2,(H,24,28). The van der Waals surface area contributed by atoms with Gasteiger partial charge >= 0.3 is 0 Å². The number of pyridine rings is 1. The minimum Gasteiger partial charge on any atom is -0.346 e. The molecule has 3 aromatic rings. The highest BCUT2D eigenvalue weighted by Gasteiger charge is 2.19. The van der Waals surface area contributed by atoms with E-state index in [2.05, 4.69) is 43.4 Å². The number of aromatic nitrogens is 3. The lowest BCUT2D eigenvalue weighted by Crippen LogP contribution is -2.49. The van der Waals surface area contributed by atoms with Gasteiger partial charge in [0.25, 0.3) is 0 Å². The van der Waals surface area contributed by atoms with Crippen LogP contribution in [-0.2, 0) is 13.1 Å². The molecule has 0 spiro atoms. The number of anilines is 1. The highest BCUT2D eigenvalue weighted by atomic mass is 32.1. The molecule has 6 nitrogen and oxygen atoms in total. The first-order chi connectivity index (χ1) is 13.8. The van der Waals surface area contributed by atoms with Crippen LogP contribution in [-0.4, -0.2) is 55.9 Å². The molecule has 3 heterocycles. The molecule has 7 heteroatoms. The molecule has 1 aliphatic rings. The topological polar surface area (TPSA) is 49.2 Å². The van der Waals surface area contributed by atoms with E-state index in [1.165, 1.54) is 11.1 Å². The zero-order valence-corrected chi connectivity index (χ0v) is 16.6. The van der Waals surface area contributed by atoms with Crippen molar-refractivity contribution >= 4 is 23.0 Å². The molecule has 1 aromatic carbocycles. The normalized spacial score (nSPS) is 14.8. The molecule has 0 radical (unpaired) electrons. The van der Waals surface area contributed by atoms with Gasteiger partial charge in [-0.1, -0.05) is 36.4 Å². The number of hydrogen-bond donors (Lipinski definition) is 1. The van der Waals surface area contributed by atoms with E-state index in [4.69, 9.17) is 12.2 Å². The van der Waals surface area contributed by atoms with Crippen LogP contribution in [0.1, 0.15) is 11.1 Å². The first-order valence-electron chi connectivity index (χ1n) is 9.50. The molecule has 1 N–H and O–H groups in total. The summed E-state index contributed by atoms with van der Waals surface area (Å²) in [6, 6.07) is 14.4. The summed E-state index contributed by atoms with van der Waals surface area (Å²) in [5.74, 6) is 0. The summed E-state index contributed by atoms with van der Waals surface area (Å²) >= 11 is 5.61. The molecular formula is C21H24N6S. The van der Waals surface area contributed by atoms with Crippen molar-refractivity contribution in [1.82, 2.24) is 24.6 Å². The monoisotopic (exact) mass is 392 g/mol. The molecule has 0 unspecified atom stereocenters. The number of piperazine rings is 1. The van der Waals surface area contributed by atoms with E-state index >= 15 is 0 Å². The molecule has 0 aliphatic carbocycles. The van der Waals surface area contributed by atoms with Crippen molar-refractivity contribution < 1.29 is 0 Å². The number of hydrogen-bond acceptors (Lipinski definition) is 4. The van der Waals surface area contributed by atoms with Crippen molar-refractivity contribution in [1.29, 1.82) is 0 Å². The van der Waals surface area contributed by atoms with Gasteiger partial charge in [0, 0.05) is 51.3 Å². The van der Waals surface area contributed by atoms with Crippen molar-refractivity contribution in [2.24, 2.45) is 0 Å². The Balaban J connectivity index is 1.26. The van der Waals surface area contributed by atoms with Crippen LogP contribution in [0, 0.1) is 0 Å². The molecule has 0 bridgehead atoms. The lowest BCUT2D eigenvalue weighted by atomic mass is 10.2. The molecule has 144 valence electrons. The Morgan fingerprint density at radius 2 is 1.71 bits per heavy atom. The molecule has 4 rings (SSSR count). The van der Waals surface area contributed by atoms with Gasteiger partial charge in [-0.2, -0.15) is 5.10 Å². The van der Waals surface area contributed by atoms with Crippen LogP contribution in [0.15, 0.2) is 67.3 Å². The van der Waals surface area contributed by atoms with Gasteiger partial charge in [0.1, 0.15) is 0 Å². The summed E-state index contributed by atoms with van der Waals surface area (Å²) in [4.78, 5) is 8.86. The highest BCUT2D eigenvalue weighted by molar-refractivity contribution is 7.80. The number of rotatable bonds is 5. The minimum absolute atomic E-state index is 0.752. The van der Waals surface area contributed by atoms with Gasteiger partial charge < -0.3 is 10.2 Å². The van der Waals surface area contributed by atoms with Crippen LogP contribution in [0.3, 0.4) is 0 Å². The fourth-order valence-corrected chi connectivity index (χ4v) is 3.65. The maximum Gasteiger partial charge on any atom is 0.173 e. The van der Waals surface area contributed by atoms with E-state index < -0.39 is 0 Å². The Hall–Kier alpha value is -2.77. The van der Waals surface area contributed by atoms with E-state index in [1.54, 1.807) is 0 Å².